The summed E-state index contributed by atoms with van der Waals surface area (Å²) in [7, 11) is 0. The third-order valence-corrected chi connectivity index (χ3v) is 0.204. The second kappa shape index (κ2) is 6.62. The SMILES string of the molecule is O=C([O-])OOOC(=O)[O-].[Na+]. The summed E-state index contributed by atoms with van der Waals surface area (Å²) in [4.78, 5) is 24.5. The first kappa shape index (κ1) is 12.2. The van der Waals surface area contributed by atoms with Crippen LogP contribution in [0.25, 0.3) is 0 Å². The van der Waals surface area contributed by atoms with Gasteiger partial charge in [-0.25, -0.2) is 0 Å². The molecule has 0 aromatic heterocycles. The topological polar surface area (TPSA) is 108 Å². The van der Waals surface area contributed by atoms with Gasteiger partial charge in [0.05, 0.1) is 0 Å². The smallest absolute Gasteiger partial charge is 0.424 e. The fourth-order valence-corrected chi connectivity index (χ4v) is 0.0726. The van der Waals surface area contributed by atoms with E-state index in [9.17, 15) is 19.8 Å². The first-order valence-electron chi connectivity index (χ1n) is 1.56. The van der Waals surface area contributed by atoms with Crippen molar-refractivity contribution in [3.63, 3.8) is 0 Å². The van der Waals surface area contributed by atoms with Crippen molar-refractivity contribution in [2.45, 2.75) is 0 Å². The molecule has 7 nitrogen and oxygen atoms in total. The van der Waals surface area contributed by atoms with Crippen molar-refractivity contribution in [1.82, 2.24) is 0 Å². The van der Waals surface area contributed by atoms with Crippen molar-refractivity contribution in [2.75, 3.05) is 0 Å². The molecule has 0 bridgehead atoms. The van der Waals surface area contributed by atoms with E-state index >= 15 is 0 Å². The fourth-order valence-electron chi connectivity index (χ4n) is 0.0726. The number of carbonyl (C=O) groups excluding carboxylic acids is 2. The molecule has 52 valence electrons. The van der Waals surface area contributed by atoms with Crippen LogP contribution in [0, 0.1) is 0 Å². The Morgan fingerprint density at radius 2 is 1.30 bits per heavy atom. The Kier molecular flexibility index (Phi) is 8.07. The van der Waals surface area contributed by atoms with E-state index in [1.807, 2.05) is 0 Å². The molecule has 0 amide bonds. The molecule has 0 fully saturated rings. The maximum Gasteiger partial charge on any atom is 1.00 e. The number of hydrogen-bond acceptors (Lipinski definition) is 7. The van der Waals surface area contributed by atoms with Gasteiger partial charge in [0.25, 0.3) is 12.3 Å². The van der Waals surface area contributed by atoms with E-state index in [2.05, 4.69) is 14.8 Å². The fraction of sp³-hybridized carbons (Fsp3) is 0. The molecule has 0 aromatic rings. The summed E-state index contributed by atoms with van der Waals surface area (Å²) in [6, 6.07) is 0. The first-order chi connectivity index (χ1) is 4.13. The van der Waals surface area contributed by atoms with E-state index in [1.165, 1.54) is 0 Å². The Labute approximate surface area is 76.6 Å². The zero-order valence-electron chi connectivity index (χ0n) is 4.86. The molecule has 0 aliphatic heterocycles. The first-order valence-corrected chi connectivity index (χ1v) is 1.56. The van der Waals surface area contributed by atoms with Crippen LogP contribution >= 0.6 is 0 Å². The van der Waals surface area contributed by atoms with Gasteiger partial charge in [-0.2, -0.15) is 0 Å². The molecular weight excluding hydrogens is 159 g/mol. The zero-order valence-corrected chi connectivity index (χ0v) is 6.86. The number of hydrogen-bond donors (Lipinski definition) is 0. The minimum atomic E-state index is -2.07. The number of carboxylic acid groups (broad SMARTS) is 2. The Balaban J connectivity index is 0. The largest absolute Gasteiger partial charge is 1.00 e. The second-order valence-electron chi connectivity index (χ2n) is 0.735. The van der Waals surface area contributed by atoms with Crippen LogP contribution in [-0.2, 0) is 14.8 Å². The minimum Gasteiger partial charge on any atom is -0.424 e. The summed E-state index contributed by atoms with van der Waals surface area (Å²) < 4.78 is 0. The molecule has 0 radical (unpaired) electrons. The molecule has 0 rings (SSSR count). The molecule has 8 heteroatoms. The van der Waals surface area contributed by atoms with Gasteiger partial charge in [0.1, 0.15) is 0 Å². The maximum atomic E-state index is 9.23. The van der Waals surface area contributed by atoms with Crippen molar-refractivity contribution in [3.05, 3.63) is 0 Å². The van der Waals surface area contributed by atoms with Gasteiger partial charge in [-0.1, -0.05) is 0 Å². The summed E-state index contributed by atoms with van der Waals surface area (Å²) in [5, 5.41) is 21.5. The molecule has 0 saturated carbocycles. The van der Waals surface area contributed by atoms with Crippen LogP contribution in [0.2, 0.25) is 0 Å². The predicted molar refractivity (Wildman–Crippen MR) is 14.0 cm³/mol. The molecule has 0 heterocycles. The summed E-state index contributed by atoms with van der Waals surface area (Å²) >= 11 is 0. The average molecular weight is 159 g/mol. The van der Waals surface area contributed by atoms with Crippen LogP contribution in [0.5, 0.6) is 0 Å². The van der Waals surface area contributed by atoms with E-state index in [-0.39, 0.29) is 29.6 Å². The van der Waals surface area contributed by atoms with Crippen molar-refractivity contribution < 1.29 is 64.2 Å². The van der Waals surface area contributed by atoms with Crippen LogP contribution in [-0.4, -0.2) is 12.3 Å². The molecule has 0 saturated heterocycles. The summed E-state index contributed by atoms with van der Waals surface area (Å²) in [6.45, 7) is 0. The van der Waals surface area contributed by atoms with Crippen molar-refractivity contribution in [2.24, 2.45) is 0 Å². The maximum absolute atomic E-state index is 9.23. The van der Waals surface area contributed by atoms with Gasteiger partial charge >= 0.3 is 29.6 Å². The Bertz CT molecular complexity index is 107. The molecule has 0 N–H and O–H groups in total. The summed E-state index contributed by atoms with van der Waals surface area (Å²) in [6.07, 6.45) is -4.15. The average Bonchev–Trinajstić information content (AvgIpc) is 1.63. The Hall–Kier alpha value is -0.500. The van der Waals surface area contributed by atoms with E-state index in [0.717, 1.165) is 0 Å². The third kappa shape index (κ3) is 10.5. The van der Waals surface area contributed by atoms with Gasteiger partial charge in [0.2, 0.25) is 0 Å². The molecule has 0 aromatic carbocycles. The normalized spacial score (nSPS) is 7.20. The minimum absolute atomic E-state index is 0. The zero-order chi connectivity index (χ0) is 7.28. The molecular formula is C2NaO7-. The van der Waals surface area contributed by atoms with Gasteiger partial charge in [-0.05, 0) is 0 Å². The van der Waals surface area contributed by atoms with Crippen molar-refractivity contribution in [3.8, 4) is 0 Å². The second-order valence-corrected chi connectivity index (χ2v) is 0.735. The van der Waals surface area contributed by atoms with Gasteiger partial charge in [-0.3, -0.25) is 0 Å². The summed E-state index contributed by atoms with van der Waals surface area (Å²) in [5.74, 6) is 0. The van der Waals surface area contributed by atoms with Gasteiger partial charge in [-0.15, -0.1) is 5.04 Å². The molecule has 0 unspecified atom stereocenters. The molecule has 0 aliphatic carbocycles. The molecule has 0 aliphatic rings. The van der Waals surface area contributed by atoms with Gasteiger partial charge < -0.3 is 29.6 Å². The van der Waals surface area contributed by atoms with Crippen LogP contribution in [0.15, 0.2) is 0 Å². The van der Waals surface area contributed by atoms with E-state index < -0.39 is 12.3 Å². The standard InChI is InChI=1S/C2H2O7.Na/c3-1(4)7-9-8-2(5)6;/h(H,3,4)(H,5,6);/q;+1/p-2. The predicted octanol–water partition coefficient (Wildman–Crippen LogP) is -5.44. The summed E-state index contributed by atoms with van der Waals surface area (Å²) in [5.41, 5.74) is 0. The Morgan fingerprint density at radius 1 is 1.00 bits per heavy atom. The molecule has 0 spiro atoms. The molecule has 0 atom stereocenters. The number of carbonyl (C=O) groups is 2. The van der Waals surface area contributed by atoms with Gasteiger partial charge in [0, 0.05) is 0 Å². The van der Waals surface area contributed by atoms with Crippen LogP contribution < -0.4 is 39.8 Å². The van der Waals surface area contributed by atoms with E-state index in [1.54, 1.807) is 0 Å². The van der Waals surface area contributed by atoms with Crippen molar-refractivity contribution in [1.29, 1.82) is 0 Å². The van der Waals surface area contributed by atoms with Crippen molar-refractivity contribution >= 4 is 12.3 Å². The Morgan fingerprint density at radius 3 is 1.50 bits per heavy atom. The number of rotatable bonds is 2. The third-order valence-electron chi connectivity index (χ3n) is 0.204. The van der Waals surface area contributed by atoms with E-state index in [4.69, 9.17) is 0 Å². The monoisotopic (exact) mass is 159 g/mol. The molecule has 10 heavy (non-hydrogen) atoms. The van der Waals surface area contributed by atoms with E-state index in [0.29, 0.717) is 0 Å². The van der Waals surface area contributed by atoms with Gasteiger partial charge in [0.15, 0.2) is 0 Å². The van der Waals surface area contributed by atoms with Crippen LogP contribution in [0.3, 0.4) is 0 Å². The van der Waals surface area contributed by atoms with Crippen LogP contribution in [0.4, 0.5) is 9.59 Å². The van der Waals surface area contributed by atoms with Crippen LogP contribution in [0.1, 0.15) is 0 Å². The quantitative estimate of drug-likeness (QED) is 0.224.